The second-order valence-corrected chi connectivity index (χ2v) is 9.72. The second-order valence-electron chi connectivity index (χ2n) is 6.76. The third kappa shape index (κ3) is 9.84. The molecule has 0 saturated heterocycles. The number of hydrogen-bond acceptors (Lipinski definition) is 9. The highest BCUT2D eigenvalue weighted by molar-refractivity contribution is 7.48. The Hall–Kier alpha value is -1.93. The van der Waals surface area contributed by atoms with Gasteiger partial charge in [-0.15, -0.1) is 4.52 Å². The summed E-state index contributed by atoms with van der Waals surface area (Å²) < 4.78 is 50.5. The van der Waals surface area contributed by atoms with Crippen LogP contribution in [-0.2, 0) is 32.0 Å². The van der Waals surface area contributed by atoms with Crippen molar-refractivity contribution in [3.63, 3.8) is 0 Å². The fraction of sp³-hybridized carbons (Fsp3) is 0.524. The third-order valence-corrected chi connectivity index (χ3v) is 7.15. The molecule has 0 aliphatic heterocycles. The largest absolute Gasteiger partial charge is 0.512 e. The van der Waals surface area contributed by atoms with Crippen molar-refractivity contribution in [3.05, 3.63) is 36.5 Å². The van der Waals surface area contributed by atoms with E-state index in [1.807, 2.05) is 24.3 Å². The minimum atomic E-state index is -3.62. The van der Waals surface area contributed by atoms with Gasteiger partial charge in [0.1, 0.15) is 5.82 Å². The zero-order chi connectivity index (χ0) is 24.1. The highest BCUT2D eigenvalue weighted by atomic mass is 31.2. The van der Waals surface area contributed by atoms with Crippen molar-refractivity contribution in [1.29, 1.82) is 0 Å². The maximum absolute atomic E-state index is 12.4. The van der Waals surface area contributed by atoms with E-state index in [9.17, 15) is 13.9 Å². The van der Waals surface area contributed by atoms with E-state index in [4.69, 9.17) is 22.8 Å². The summed E-state index contributed by atoms with van der Waals surface area (Å²) in [6, 6.07) is 9.36. The zero-order valence-electron chi connectivity index (χ0n) is 19.1. The number of ether oxygens (including phenoxy) is 1. The van der Waals surface area contributed by atoms with Crippen LogP contribution in [0.5, 0.6) is 0 Å². The Morgan fingerprint density at radius 3 is 2.45 bits per heavy atom. The van der Waals surface area contributed by atoms with Gasteiger partial charge in [0.2, 0.25) is 6.16 Å². The van der Waals surface area contributed by atoms with E-state index < -0.39 is 28.0 Å². The Morgan fingerprint density at radius 1 is 1.09 bits per heavy atom. The molecule has 1 aromatic heterocycles. The lowest BCUT2D eigenvalue weighted by molar-refractivity contribution is 0.0981. The molecule has 0 aliphatic carbocycles. The zero-order valence-corrected chi connectivity index (χ0v) is 20.9. The standard InChI is InChI=1S/C21H30N2O8P2/c1-4-27-32(25)16-19(12-9-13-30-33(26,28-5-2)29-6-3)31-21(24)23-20-14-17-10-7-8-11-18(17)15-22-20/h7-8,10-11,14-15,19H,4-6,9,12-13,16H2,1-3H3/p+1. The second kappa shape index (κ2) is 14.4. The van der Waals surface area contributed by atoms with Gasteiger partial charge < -0.3 is 4.74 Å². The van der Waals surface area contributed by atoms with Crippen LogP contribution in [0.25, 0.3) is 10.8 Å². The normalized spacial score (nSPS) is 13.0. The molecule has 33 heavy (non-hydrogen) atoms. The molecule has 2 rings (SSSR count). The highest BCUT2D eigenvalue weighted by Gasteiger charge is 2.29. The number of rotatable bonds is 15. The molecule has 1 amide bonds. The van der Waals surface area contributed by atoms with Crippen molar-refractivity contribution >= 4 is 38.5 Å². The summed E-state index contributed by atoms with van der Waals surface area (Å²) in [6.45, 7) is 5.80. The van der Waals surface area contributed by atoms with Crippen molar-refractivity contribution in [1.82, 2.24) is 4.98 Å². The van der Waals surface area contributed by atoms with Crippen LogP contribution in [-0.4, -0.2) is 49.8 Å². The molecule has 0 bridgehead atoms. The average Bonchev–Trinajstić information content (AvgIpc) is 2.77. The van der Waals surface area contributed by atoms with Gasteiger partial charge in [-0.05, 0) is 49.6 Å². The number of aromatic nitrogens is 1. The van der Waals surface area contributed by atoms with E-state index in [0.717, 1.165) is 10.8 Å². The predicted octanol–water partition coefficient (Wildman–Crippen LogP) is 5.91. The maximum atomic E-state index is 12.4. The van der Waals surface area contributed by atoms with E-state index in [0.29, 0.717) is 18.7 Å². The van der Waals surface area contributed by atoms with Crippen molar-refractivity contribution in [2.24, 2.45) is 0 Å². The number of carbonyl (C=O) groups is 1. The third-order valence-electron chi connectivity index (χ3n) is 4.25. The predicted molar refractivity (Wildman–Crippen MR) is 126 cm³/mol. The Balaban J connectivity index is 1.93. The van der Waals surface area contributed by atoms with Crippen molar-refractivity contribution in [2.45, 2.75) is 39.7 Å². The molecule has 12 heteroatoms. The number of nitrogens with zero attached hydrogens (tertiary/aromatic N) is 1. The fourth-order valence-electron chi connectivity index (χ4n) is 2.90. The lowest BCUT2D eigenvalue weighted by Gasteiger charge is -2.17. The van der Waals surface area contributed by atoms with Gasteiger partial charge in [0.25, 0.3) is 0 Å². The van der Waals surface area contributed by atoms with Crippen LogP contribution in [0.2, 0.25) is 0 Å². The molecule has 1 heterocycles. The maximum Gasteiger partial charge on any atom is 0.512 e. The summed E-state index contributed by atoms with van der Waals surface area (Å²) in [5.74, 6) is 0.337. The molecule has 0 fully saturated rings. The SMILES string of the molecule is CCO[P+](=O)CC(CCCOP(=O)(OCC)OCC)OC(=O)Nc1cc2ccccc2cn1. The quantitative estimate of drug-likeness (QED) is 0.234. The van der Waals surface area contributed by atoms with Crippen LogP contribution in [0.15, 0.2) is 36.5 Å². The summed E-state index contributed by atoms with van der Waals surface area (Å²) in [5.41, 5.74) is 0. The molecule has 2 atom stereocenters. The molecule has 2 unspecified atom stereocenters. The number of phosphoric acid groups is 1. The Bertz CT molecular complexity index is 949. The number of anilines is 1. The van der Waals surface area contributed by atoms with E-state index in [-0.39, 0.29) is 32.6 Å². The fourth-order valence-corrected chi connectivity index (χ4v) is 5.09. The summed E-state index contributed by atoms with van der Waals surface area (Å²) in [6.07, 6.45) is 0.925. The number of pyridine rings is 1. The first-order valence-corrected chi connectivity index (χ1v) is 13.6. The number of amides is 1. The van der Waals surface area contributed by atoms with Gasteiger partial charge in [-0.1, -0.05) is 24.3 Å². The summed E-state index contributed by atoms with van der Waals surface area (Å²) >= 11 is 0. The van der Waals surface area contributed by atoms with Crippen LogP contribution in [0.3, 0.4) is 0 Å². The van der Waals surface area contributed by atoms with Crippen LogP contribution >= 0.6 is 15.9 Å². The van der Waals surface area contributed by atoms with Gasteiger partial charge in [-0.25, -0.2) is 14.3 Å². The molecule has 1 aromatic carbocycles. The Kier molecular flexibility index (Phi) is 11.9. The van der Waals surface area contributed by atoms with Crippen LogP contribution in [0.1, 0.15) is 33.6 Å². The van der Waals surface area contributed by atoms with Gasteiger partial charge in [-0.3, -0.25) is 18.9 Å². The molecule has 1 N–H and O–H groups in total. The molecule has 0 aliphatic rings. The van der Waals surface area contributed by atoms with E-state index in [1.54, 1.807) is 33.0 Å². The van der Waals surface area contributed by atoms with Crippen LogP contribution in [0, 0.1) is 0 Å². The van der Waals surface area contributed by atoms with E-state index in [2.05, 4.69) is 10.3 Å². The molecular formula is C21H31N2O8P2+. The Morgan fingerprint density at radius 2 is 1.79 bits per heavy atom. The first kappa shape index (κ1) is 27.3. The molecule has 0 saturated carbocycles. The van der Waals surface area contributed by atoms with Gasteiger partial charge in [0.05, 0.1) is 26.4 Å². The molecule has 10 nitrogen and oxygen atoms in total. The Labute approximate surface area is 194 Å². The monoisotopic (exact) mass is 501 g/mol. The molecule has 0 spiro atoms. The summed E-state index contributed by atoms with van der Waals surface area (Å²) in [4.78, 5) is 16.6. The smallest absolute Gasteiger partial charge is 0.441 e. The summed E-state index contributed by atoms with van der Waals surface area (Å²) in [5, 5.41) is 4.46. The lowest BCUT2D eigenvalue weighted by Crippen LogP contribution is -2.25. The number of carbonyl (C=O) groups excluding carboxylic acids is 1. The molecule has 182 valence electrons. The molecular weight excluding hydrogens is 470 g/mol. The van der Waals surface area contributed by atoms with Gasteiger partial charge >= 0.3 is 21.9 Å². The number of phosphoric ester groups is 1. The first-order valence-electron chi connectivity index (χ1n) is 10.8. The summed E-state index contributed by atoms with van der Waals surface area (Å²) in [7, 11) is -5.63. The van der Waals surface area contributed by atoms with Crippen molar-refractivity contribution < 1.29 is 36.8 Å². The van der Waals surface area contributed by atoms with Gasteiger partial charge in [0, 0.05) is 11.6 Å². The lowest BCUT2D eigenvalue weighted by atomic mass is 10.2. The topological polar surface area (TPSA) is 122 Å². The minimum absolute atomic E-state index is 0.0241. The molecule has 0 radical (unpaired) electrons. The molecule has 2 aromatic rings. The van der Waals surface area contributed by atoms with Gasteiger partial charge in [-0.2, -0.15) is 0 Å². The van der Waals surface area contributed by atoms with Crippen molar-refractivity contribution in [2.75, 3.05) is 37.9 Å². The van der Waals surface area contributed by atoms with E-state index >= 15 is 0 Å². The number of nitrogens with one attached hydrogen (secondary N) is 1. The first-order chi connectivity index (χ1) is 15.9. The minimum Gasteiger partial charge on any atom is -0.441 e. The van der Waals surface area contributed by atoms with Crippen molar-refractivity contribution in [3.8, 4) is 0 Å². The van der Waals surface area contributed by atoms with Crippen LogP contribution in [0.4, 0.5) is 10.6 Å². The number of benzene rings is 1. The number of fused-ring (bicyclic) bond motifs is 1. The number of hydrogen-bond donors (Lipinski definition) is 1. The average molecular weight is 501 g/mol. The van der Waals surface area contributed by atoms with Crippen LogP contribution < -0.4 is 5.32 Å². The van der Waals surface area contributed by atoms with E-state index in [1.165, 1.54) is 0 Å². The highest BCUT2D eigenvalue weighted by Crippen LogP contribution is 2.49. The van der Waals surface area contributed by atoms with Gasteiger partial charge in [0.15, 0.2) is 6.10 Å².